The van der Waals surface area contributed by atoms with Crippen molar-refractivity contribution in [3.63, 3.8) is 0 Å². The molecule has 1 saturated carbocycles. The topological polar surface area (TPSA) is 67.2 Å². The van der Waals surface area contributed by atoms with Crippen LogP contribution in [0.25, 0.3) is 0 Å². The molecule has 1 aromatic rings. The Morgan fingerprint density at radius 1 is 1.50 bits per heavy atom. The van der Waals surface area contributed by atoms with E-state index in [0.717, 1.165) is 25.7 Å². The predicted molar refractivity (Wildman–Crippen MR) is 58.9 cm³/mol. The summed E-state index contributed by atoms with van der Waals surface area (Å²) in [4.78, 5) is 15.8. The van der Waals surface area contributed by atoms with Gasteiger partial charge in [-0.1, -0.05) is 0 Å². The molecule has 88 valence electrons. The number of amides is 1. The highest BCUT2D eigenvalue weighted by molar-refractivity contribution is 5.92. The summed E-state index contributed by atoms with van der Waals surface area (Å²) < 4.78 is 1.70. The molecule has 0 bridgehead atoms. The fourth-order valence-corrected chi connectivity index (χ4v) is 2.06. The number of hydrogen-bond acceptors (Lipinski definition) is 3. The minimum atomic E-state index is -0.190. The Balaban J connectivity index is 1.91. The van der Waals surface area contributed by atoms with E-state index in [1.54, 1.807) is 24.1 Å². The lowest BCUT2D eigenvalue weighted by Crippen LogP contribution is -2.39. The summed E-state index contributed by atoms with van der Waals surface area (Å²) in [5.41, 5.74) is 0.575. The van der Waals surface area contributed by atoms with E-state index in [9.17, 15) is 9.90 Å². The van der Waals surface area contributed by atoms with Crippen LogP contribution in [0, 0.1) is 0 Å². The molecule has 1 fully saturated rings. The van der Waals surface area contributed by atoms with Crippen LogP contribution in [0.15, 0.2) is 12.5 Å². The Labute approximate surface area is 94.5 Å². The van der Waals surface area contributed by atoms with Crippen LogP contribution >= 0.6 is 0 Å². The van der Waals surface area contributed by atoms with Gasteiger partial charge in [0.25, 0.3) is 5.91 Å². The first-order valence-corrected chi connectivity index (χ1v) is 5.62. The largest absolute Gasteiger partial charge is 0.393 e. The van der Waals surface area contributed by atoms with Crippen molar-refractivity contribution in [2.75, 3.05) is 0 Å². The van der Waals surface area contributed by atoms with E-state index < -0.39 is 0 Å². The fourth-order valence-electron chi connectivity index (χ4n) is 2.06. The lowest BCUT2D eigenvalue weighted by molar-refractivity contribution is 0.0860. The van der Waals surface area contributed by atoms with Gasteiger partial charge < -0.3 is 15.0 Å². The zero-order valence-corrected chi connectivity index (χ0v) is 9.39. The van der Waals surface area contributed by atoms with Crippen LogP contribution in [-0.4, -0.2) is 32.7 Å². The number of imidazole rings is 1. The van der Waals surface area contributed by atoms with Gasteiger partial charge in [-0.2, -0.15) is 0 Å². The molecular formula is C11H17N3O2. The maximum Gasteiger partial charge on any atom is 0.269 e. The van der Waals surface area contributed by atoms with Gasteiger partial charge in [0.2, 0.25) is 0 Å². The van der Waals surface area contributed by atoms with Gasteiger partial charge in [0, 0.05) is 13.1 Å². The van der Waals surface area contributed by atoms with Crippen LogP contribution in [0.4, 0.5) is 0 Å². The molecule has 2 N–H and O–H groups in total. The summed E-state index contributed by atoms with van der Waals surface area (Å²) in [7, 11) is 1.80. The monoisotopic (exact) mass is 223 g/mol. The Bertz CT molecular complexity index is 367. The first-order valence-electron chi connectivity index (χ1n) is 5.62. The molecule has 0 radical (unpaired) electrons. The number of aromatic nitrogens is 2. The zero-order chi connectivity index (χ0) is 11.5. The molecule has 2 rings (SSSR count). The van der Waals surface area contributed by atoms with Crippen molar-refractivity contribution in [3.8, 4) is 0 Å². The van der Waals surface area contributed by atoms with E-state index in [-0.39, 0.29) is 18.1 Å². The summed E-state index contributed by atoms with van der Waals surface area (Å²) in [5, 5.41) is 12.3. The third kappa shape index (κ3) is 2.41. The van der Waals surface area contributed by atoms with Crippen molar-refractivity contribution >= 4 is 5.91 Å². The van der Waals surface area contributed by atoms with Gasteiger partial charge in [-0.05, 0) is 25.7 Å². The van der Waals surface area contributed by atoms with Gasteiger partial charge in [0.15, 0.2) is 0 Å². The van der Waals surface area contributed by atoms with Crippen LogP contribution in [-0.2, 0) is 7.05 Å². The highest BCUT2D eigenvalue weighted by atomic mass is 16.3. The van der Waals surface area contributed by atoms with E-state index in [0.29, 0.717) is 5.69 Å². The van der Waals surface area contributed by atoms with Crippen LogP contribution in [0.1, 0.15) is 36.2 Å². The van der Waals surface area contributed by atoms with Gasteiger partial charge >= 0.3 is 0 Å². The molecule has 0 spiro atoms. The second-order valence-electron chi connectivity index (χ2n) is 4.37. The summed E-state index contributed by atoms with van der Waals surface area (Å²) in [6.07, 6.45) is 6.24. The molecule has 1 amide bonds. The maximum absolute atomic E-state index is 11.8. The normalized spacial score (nSPS) is 25.4. The third-order valence-corrected chi connectivity index (χ3v) is 3.08. The van der Waals surface area contributed by atoms with Crippen LogP contribution in [0.5, 0.6) is 0 Å². The average Bonchev–Trinajstić information content (AvgIpc) is 2.68. The van der Waals surface area contributed by atoms with E-state index in [2.05, 4.69) is 10.3 Å². The molecule has 5 heteroatoms. The first-order chi connectivity index (χ1) is 7.66. The average molecular weight is 223 g/mol. The van der Waals surface area contributed by atoms with Crippen molar-refractivity contribution in [3.05, 3.63) is 18.2 Å². The van der Waals surface area contributed by atoms with Crippen LogP contribution in [0.2, 0.25) is 0 Å². The standard InChI is InChI=1S/C11H17N3O2/c1-14-7-12-6-10(14)11(16)13-8-2-4-9(15)5-3-8/h6-9,15H,2-5H2,1H3,(H,13,16). The van der Waals surface area contributed by atoms with Crippen LogP contribution in [0.3, 0.4) is 0 Å². The highest BCUT2D eigenvalue weighted by Gasteiger charge is 2.21. The first kappa shape index (κ1) is 11.1. The Kier molecular flexibility index (Phi) is 3.24. The van der Waals surface area contributed by atoms with Crippen molar-refractivity contribution in [2.24, 2.45) is 7.05 Å². The third-order valence-electron chi connectivity index (χ3n) is 3.08. The number of aryl methyl sites for hydroxylation is 1. The van der Waals surface area contributed by atoms with E-state index in [1.807, 2.05) is 0 Å². The van der Waals surface area contributed by atoms with E-state index in [4.69, 9.17) is 0 Å². The van der Waals surface area contributed by atoms with Crippen molar-refractivity contribution in [1.29, 1.82) is 0 Å². The smallest absolute Gasteiger partial charge is 0.269 e. The number of nitrogens with one attached hydrogen (secondary N) is 1. The van der Waals surface area contributed by atoms with Crippen molar-refractivity contribution < 1.29 is 9.90 Å². The molecule has 1 aliphatic rings. The number of hydrogen-bond donors (Lipinski definition) is 2. The summed E-state index contributed by atoms with van der Waals surface area (Å²) in [6.45, 7) is 0. The van der Waals surface area contributed by atoms with Gasteiger partial charge in [-0.15, -0.1) is 0 Å². The minimum Gasteiger partial charge on any atom is -0.393 e. The van der Waals surface area contributed by atoms with E-state index in [1.165, 1.54) is 0 Å². The SMILES string of the molecule is Cn1cncc1C(=O)NC1CCC(O)CC1. The molecule has 5 nitrogen and oxygen atoms in total. The highest BCUT2D eigenvalue weighted by Crippen LogP contribution is 2.18. The van der Waals surface area contributed by atoms with E-state index >= 15 is 0 Å². The lowest BCUT2D eigenvalue weighted by Gasteiger charge is -2.26. The molecule has 0 aliphatic heterocycles. The number of carbonyl (C=O) groups excluding carboxylic acids is 1. The number of carbonyl (C=O) groups is 1. The zero-order valence-electron chi connectivity index (χ0n) is 9.39. The van der Waals surface area contributed by atoms with Crippen molar-refractivity contribution in [2.45, 2.75) is 37.8 Å². The summed E-state index contributed by atoms with van der Waals surface area (Å²) in [5.74, 6) is -0.0820. The lowest BCUT2D eigenvalue weighted by atomic mass is 9.93. The van der Waals surface area contributed by atoms with Gasteiger partial charge in [0.1, 0.15) is 5.69 Å². The molecule has 0 atom stereocenters. The number of aliphatic hydroxyl groups excluding tert-OH is 1. The summed E-state index contributed by atoms with van der Waals surface area (Å²) >= 11 is 0. The molecule has 0 saturated heterocycles. The summed E-state index contributed by atoms with van der Waals surface area (Å²) in [6, 6.07) is 0.186. The van der Waals surface area contributed by atoms with Gasteiger partial charge in [0.05, 0.1) is 18.6 Å². The number of aliphatic hydroxyl groups is 1. The molecule has 1 aliphatic carbocycles. The number of rotatable bonds is 2. The maximum atomic E-state index is 11.8. The Morgan fingerprint density at radius 2 is 2.19 bits per heavy atom. The Morgan fingerprint density at radius 3 is 2.75 bits per heavy atom. The number of nitrogens with zero attached hydrogens (tertiary/aromatic N) is 2. The van der Waals surface area contributed by atoms with Crippen LogP contribution < -0.4 is 5.32 Å². The molecular weight excluding hydrogens is 206 g/mol. The second kappa shape index (κ2) is 4.65. The Hall–Kier alpha value is -1.36. The molecule has 0 aromatic carbocycles. The van der Waals surface area contributed by atoms with Gasteiger partial charge in [-0.25, -0.2) is 4.98 Å². The fraction of sp³-hybridized carbons (Fsp3) is 0.636. The minimum absolute atomic E-state index is 0.0820. The predicted octanol–water partition coefficient (Wildman–Crippen LogP) is 0.453. The second-order valence-corrected chi connectivity index (χ2v) is 4.37. The molecule has 1 aromatic heterocycles. The van der Waals surface area contributed by atoms with Gasteiger partial charge in [-0.3, -0.25) is 4.79 Å². The quantitative estimate of drug-likeness (QED) is 0.765. The molecule has 16 heavy (non-hydrogen) atoms. The molecule has 0 unspecified atom stereocenters. The molecule has 1 heterocycles. The van der Waals surface area contributed by atoms with Crippen molar-refractivity contribution in [1.82, 2.24) is 14.9 Å².